The summed E-state index contributed by atoms with van der Waals surface area (Å²) in [5.74, 6) is 0. The summed E-state index contributed by atoms with van der Waals surface area (Å²) in [5.41, 5.74) is 16.1. The van der Waals surface area contributed by atoms with E-state index in [-0.39, 0.29) is 0 Å². The van der Waals surface area contributed by atoms with Crippen molar-refractivity contribution in [3.63, 3.8) is 0 Å². The van der Waals surface area contributed by atoms with E-state index in [1.807, 2.05) is 24.3 Å². The van der Waals surface area contributed by atoms with Gasteiger partial charge in [0.2, 0.25) is 0 Å². The molecule has 0 aliphatic heterocycles. The van der Waals surface area contributed by atoms with Gasteiger partial charge in [-0.05, 0) is 116 Å². The molecule has 0 saturated heterocycles. The minimum atomic E-state index is 0.900. The Hall–Kier alpha value is -8.14. The number of hydrogen-bond acceptors (Lipinski definition) is 3. The second-order valence-corrected chi connectivity index (χ2v) is 15.7. The molecular weight excluding hydrogens is 743 g/mol. The van der Waals surface area contributed by atoms with Crippen LogP contribution in [0.1, 0.15) is 0 Å². The smallest absolute Gasteiger partial charge is 0.143 e. The standard InChI is InChI=1S/C58H37NO2/c1-2-9-44-36-45(21-20-38(44)8-1)41-18-16-39(17-19-41)40-22-29-47(30-23-40)59(48-31-24-42(25-32-48)46-28-35-57-54(37-46)52-11-4-5-14-55(52)60-57)49-33-26-43(27-34-49)50-12-7-13-53-51-10-3-6-15-56(51)61-58(50)53/h1-37H. The second kappa shape index (κ2) is 14.3. The fourth-order valence-electron chi connectivity index (χ4n) is 8.95. The van der Waals surface area contributed by atoms with Crippen LogP contribution in [0.5, 0.6) is 0 Å². The maximum absolute atomic E-state index is 6.42. The molecule has 0 radical (unpaired) electrons. The first kappa shape index (κ1) is 34.9. The molecule has 0 amide bonds. The first-order valence-electron chi connectivity index (χ1n) is 20.7. The predicted molar refractivity (Wildman–Crippen MR) is 255 cm³/mol. The molecule has 12 aromatic rings. The maximum atomic E-state index is 6.42. The van der Waals surface area contributed by atoms with Crippen molar-refractivity contribution in [3.8, 4) is 44.5 Å². The highest BCUT2D eigenvalue weighted by molar-refractivity contribution is 6.10. The molecule has 0 N–H and O–H groups in total. The Kier molecular flexibility index (Phi) is 8.17. The van der Waals surface area contributed by atoms with Gasteiger partial charge in [0.1, 0.15) is 22.3 Å². The van der Waals surface area contributed by atoms with Crippen molar-refractivity contribution in [1.29, 1.82) is 0 Å². The SMILES string of the molecule is c1ccc2cc(-c3ccc(-c4ccc(N(c5ccc(-c6ccc7oc8ccccc8c7c6)cc5)c5ccc(-c6cccc7c6oc6ccccc67)cc5)cc4)cc3)ccc2c1. The van der Waals surface area contributed by atoms with Crippen molar-refractivity contribution in [1.82, 2.24) is 0 Å². The molecule has 61 heavy (non-hydrogen) atoms. The van der Waals surface area contributed by atoms with Gasteiger partial charge in [0.15, 0.2) is 0 Å². The van der Waals surface area contributed by atoms with Gasteiger partial charge >= 0.3 is 0 Å². The summed E-state index contributed by atoms with van der Waals surface area (Å²) in [4.78, 5) is 2.33. The fourth-order valence-corrected chi connectivity index (χ4v) is 8.95. The number of para-hydroxylation sites is 3. The third-order valence-corrected chi connectivity index (χ3v) is 12.1. The van der Waals surface area contributed by atoms with E-state index in [0.717, 1.165) is 83.2 Å². The average Bonchev–Trinajstić information content (AvgIpc) is 3.91. The van der Waals surface area contributed by atoms with Crippen LogP contribution in [0.15, 0.2) is 233 Å². The van der Waals surface area contributed by atoms with E-state index in [1.165, 1.54) is 33.0 Å². The molecular formula is C58H37NO2. The molecule has 0 spiro atoms. The van der Waals surface area contributed by atoms with E-state index in [2.05, 4.69) is 205 Å². The summed E-state index contributed by atoms with van der Waals surface area (Å²) in [5, 5.41) is 7.02. The minimum absolute atomic E-state index is 0.900. The van der Waals surface area contributed by atoms with Crippen LogP contribution in [0.2, 0.25) is 0 Å². The van der Waals surface area contributed by atoms with Crippen molar-refractivity contribution >= 4 is 71.7 Å². The van der Waals surface area contributed by atoms with Crippen molar-refractivity contribution < 1.29 is 8.83 Å². The summed E-state index contributed by atoms with van der Waals surface area (Å²) in [6, 6.07) is 80.0. The van der Waals surface area contributed by atoms with Crippen molar-refractivity contribution in [2.45, 2.75) is 0 Å². The lowest BCUT2D eigenvalue weighted by Crippen LogP contribution is -2.09. The van der Waals surface area contributed by atoms with Gasteiger partial charge in [-0.25, -0.2) is 0 Å². The molecule has 0 aliphatic rings. The van der Waals surface area contributed by atoms with Crippen molar-refractivity contribution in [2.75, 3.05) is 4.90 Å². The van der Waals surface area contributed by atoms with Gasteiger partial charge in [-0.1, -0.05) is 158 Å². The first-order chi connectivity index (χ1) is 30.2. The molecule has 0 unspecified atom stereocenters. The highest BCUT2D eigenvalue weighted by Crippen LogP contribution is 2.41. The first-order valence-corrected chi connectivity index (χ1v) is 20.7. The Morgan fingerprint density at radius 2 is 0.705 bits per heavy atom. The summed E-state index contributed by atoms with van der Waals surface area (Å²) in [6.45, 7) is 0. The van der Waals surface area contributed by atoms with Gasteiger partial charge in [0.05, 0.1) is 0 Å². The van der Waals surface area contributed by atoms with E-state index in [1.54, 1.807) is 0 Å². The minimum Gasteiger partial charge on any atom is -0.456 e. The van der Waals surface area contributed by atoms with Crippen LogP contribution >= 0.6 is 0 Å². The number of furan rings is 2. The second-order valence-electron chi connectivity index (χ2n) is 15.7. The molecule has 0 bridgehead atoms. The van der Waals surface area contributed by atoms with Crippen LogP contribution in [0.3, 0.4) is 0 Å². The van der Waals surface area contributed by atoms with Crippen LogP contribution in [-0.2, 0) is 0 Å². The number of hydrogen-bond donors (Lipinski definition) is 0. The quantitative estimate of drug-likeness (QED) is 0.161. The van der Waals surface area contributed by atoms with Gasteiger partial charge < -0.3 is 13.7 Å². The fraction of sp³-hybridized carbons (Fsp3) is 0. The van der Waals surface area contributed by atoms with Gasteiger partial charge in [0, 0.05) is 44.2 Å². The largest absolute Gasteiger partial charge is 0.456 e. The molecule has 286 valence electrons. The normalized spacial score (nSPS) is 11.6. The van der Waals surface area contributed by atoms with Crippen LogP contribution < -0.4 is 4.90 Å². The summed E-state index contributed by atoms with van der Waals surface area (Å²) in [7, 11) is 0. The molecule has 0 aliphatic carbocycles. The Morgan fingerprint density at radius 1 is 0.262 bits per heavy atom. The van der Waals surface area contributed by atoms with Crippen LogP contribution in [0.25, 0.3) is 99.2 Å². The van der Waals surface area contributed by atoms with Gasteiger partial charge in [-0.3, -0.25) is 0 Å². The van der Waals surface area contributed by atoms with E-state index in [9.17, 15) is 0 Å². The van der Waals surface area contributed by atoms with E-state index >= 15 is 0 Å². The molecule has 0 atom stereocenters. The third-order valence-electron chi connectivity index (χ3n) is 12.1. The molecule has 3 nitrogen and oxygen atoms in total. The lowest BCUT2D eigenvalue weighted by atomic mass is 9.98. The number of fused-ring (bicyclic) bond motifs is 7. The topological polar surface area (TPSA) is 29.5 Å². The van der Waals surface area contributed by atoms with E-state index in [4.69, 9.17) is 8.83 Å². The molecule has 12 rings (SSSR count). The summed E-state index contributed by atoms with van der Waals surface area (Å²) in [6.07, 6.45) is 0. The summed E-state index contributed by atoms with van der Waals surface area (Å²) < 4.78 is 12.5. The van der Waals surface area contributed by atoms with Crippen LogP contribution in [0.4, 0.5) is 17.1 Å². The number of anilines is 3. The molecule has 2 aromatic heterocycles. The summed E-state index contributed by atoms with van der Waals surface area (Å²) >= 11 is 0. The molecule has 3 heteroatoms. The Bertz CT molecular complexity index is 3560. The van der Waals surface area contributed by atoms with E-state index < -0.39 is 0 Å². The van der Waals surface area contributed by atoms with Crippen molar-refractivity contribution in [2.24, 2.45) is 0 Å². The molecule has 0 saturated carbocycles. The lowest BCUT2D eigenvalue weighted by molar-refractivity contribution is 0.669. The third kappa shape index (κ3) is 6.14. The molecule has 2 heterocycles. The van der Waals surface area contributed by atoms with Crippen LogP contribution in [0, 0.1) is 0 Å². The van der Waals surface area contributed by atoms with Crippen molar-refractivity contribution in [3.05, 3.63) is 224 Å². The highest BCUT2D eigenvalue weighted by Gasteiger charge is 2.17. The predicted octanol–water partition coefficient (Wildman–Crippen LogP) is 16.8. The Morgan fingerprint density at radius 3 is 1.36 bits per heavy atom. The molecule has 0 fully saturated rings. The lowest BCUT2D eigenvalue weighted by Gasteiger charge is -2.26. The number of rotatable bonds is 7. The van der Waals surface area contributed by atoms with Gasteiger partial charge in [-0.15, -0.1) is 0 Å². The monoisotopic (exact) mass is 779 g/mol. The number of benzene rings is 10. The zero-order valence-electron chi connectivity index (χ0n) is 33.1. The zero-order valence-corrected chi connectivity index (χ0v) is 33.1. The zero-order chi connectivity index (χ0) is 40.3. The molecule has 10 aromatic carbocycles. The van der Waals surface area contributed by atoms with Gasteiger partial charge in [-0.2, -0.15) is 0 Å². The highest BCUT2D eigenvalue weighted by atomic mass is 16.3. The maximum Gasteiger partial charge on any atom is 0.143 e. The Balaban J connectivity index is 0.896. The van der Waals surface area contributed by atoms with Gasteiger partial charge in [0.25, 0.3) is 0 Å². The Labute approximate surface area is 353 Å². The van der Waals surface area contributed by atoms with E-state index in [0.29, 0.717) is 0 Å². The van der Waals surface area contributed by atoms with Crippen LogP contribution in [-0.4, -0.2) is 0 Å². The number of nitrogens with zero attached hydrogens (tertiary/aromatic N) is 1. The average molecular weight is 780 g/mol.